The first-order valence-electron chi connectivity index (χ1n) is 7.80. The van der Waals surface area contributed by atoms with Gasteiger partial charge in [0.2, 0.25) is 6.10 Å². The van der Waals surface area contributed by atoms with Crippen LogP contribution in [0, 0.1) is 0 Å². The van der Waals surface area contributed by atoms with Gasteiger partial charge >= 0.3 is 5.97 Å². The molecule has 0 radical (unpaired) electrons. The van der Waals surface area contributed by atoms with Crippen LogP contribution >= 0.6 is 0 Å². The van der Waals surface area contributed by atoms with Crippen LogP contribution in [0.3, 0.4) is 0 Å². The molecular formula is C19H15NO5. The quantitative estimate of drug-likeness (QED) is 0.673. The van der Waals surface area contributed by atoms with Crippen LogP contribution in [-0.4, -0.2) is 36.3 Å². The molecule has 1 unspecified atom stereocenters. The lowest BCUT2D eigenvalue weighted by Gasteiger charge is -2.25. The molecule has 0 bridgehead atoms. The van der Waals surface area contributed by atoms with Gasteiger partial charge in [-0.2, -0.15) is 0 Å². The third kappa shape index (κ3) is 2.52. The summed E-state index contributed by atoms with van der Waals surface area (Å²) in [5, 5.41) is 0.653. The number of hydrogen-bond acceptors (Lipinski definition) is 5. The molecule has 3 aromatic rings. The Kier molecular flexibility index (Phi) is 3.65. The second kappa shape index (κ2) is 5.98. The highest BCUT2D eigenvalue weighted by atomic mass is 16.6. The molecule has 126 valence electrons. The summed E-state index contributed by atoms with van der Waals surface area (Å²) < 4.78 is 17.6. The molecule has 2 aromatic carbocycles. The maximum atomic E-state index is 13.0. The summed E-state index contributed by atoms with van der Waals surface area (Å²) in [5.41, 5.74) is 0.957. The lowest BCUT2D eigenvalue weighted by atomic mass is 10.2. The summed E-state index contributed by atoms with van der Waals surface area (Å²) in [6.07, 6.45) is 0.694. The zero-order valence-corrected chi connectivity index (χ0v) is 13.5. The van der Waals surface area contributed by atoms with Gasteiger partial charge in [0, 0.05) is 11.6 Å². The van der Waals surface area contributed by atoms with Gasteiger partial charge in [0.25, 0.3) is 5.91 Å². The molecule has 1 aliphatic rings. The fourth-order valence-electron chi connectivity index (χ4n) is 2.93. The zero-order valence-electron chi connectivity index (χ0n) is 13.5. The number of benzene rings is 2. The predicted octanol–water partition coefficient (Wildman–Crippen LogP) is 2.91. The maximum absolute atomic E-state index is 13.0. The van der Waals surface area contributed by atoms with E-state index in [9.17, 15) is 9.59 Å². The van der Waals surface area contributed by atoms with Crippen molar-refractivity contribution in [1.29, 1.82) is 0 Å². The molecule has 25 heavy (non-hydrogen) atoms. The van der Waals surface area contributed by atoms with E-state index in [2.05, 4.69) is 0 Å². The van der Waals surface area contributed by atoms with E-state index in [0.717, 1.165) is 0 Å². The first-order valence-corrected chi connectivity index (χ1v) is 7.80. The predicted molar refractivity (Wildman–Crippen MR) is 90.3 cm³/mol. The minimum Gasteiger partial charge on any atom is -0.485 e. The minimum absolute atomic E-state index is 0.107. The smallest absolute Gasteiger partial charge is 0.340 e. The lowest BCUT2D eigenvalue weighted by Crippen LogP contribution is -2.39. The molecule has 4 rings (SSSR count). The standard InChI is InChI=1S/C19H15NO5/c1-23-19(22)13-10-20(14-7-3-2-6-12(13)14)18(21)17-11-24-15-8-4-5-9-16(15)25-17/h2-10,17H,11H2,1H3. The van der Waals surface area contributed by atoms with Crippen LogP contribution in [0.1, 0.15) is 15.2 Å². The summed E-state index contributed by atoms with van der Waals surface area (Å²) in [7, 11) is 1.31. The molecule has 6 heteroatoms. The average Bonchev–Trinajstić information content (AvgIpc) is 3.06. The van der Waals surface area contributed by atoms with Gasteiger partial charge in [0.1, 0.15) is 6.61 Å². The molecule has 1 aliphatic heterocycles. The summed E-state index contributed by atoms with van der Waals surface area (Å²) in [6, 6.07) is 14.4. The van der Waals surface area contributed by atoms with Crippen molar-refractivity contribution in [2.75, 3.05) is 13.7 Å². The van der Waals surface area contributed by atoms with E-state index in [1.54, 1.807) is 36.4 Å². The number of methoxy groups -OCH3 is 1. The summed E-state index contributed by atoms with van der Waals surface area (Å²) in [5.74, 6) is 0.339. The van der Waals surface area contributed by atoms with Crippen LogP contribution < -0.4 is 9.47 Å². The molecule has 0 amide bonds. The molecule has 0 saturated carbocycles. The second-order valence-electron chi connectivity index (χ2n) is 5.62. The highest BCUT2D eigenvalue weighted by Crippen LogP contribution is 2.32. The Balaban J connectivity index is 1.73. The first-order chi connectivity index (χ1) is 12.2. The number of carbonyl (C=O) groups is 2. The van der Waals surface area contributed by atoms with Crippen molar-refractivity contribution in [2.45, 2.75) is 6.10 Å². The largest absolute Gasteiger partial charge is 0.485 e. The Morgan fingerprint density at radius 3 is 2.60 bits per heavy atom. The highest BCUT2D eigenvalue weighted by Gasteiger charge is 2.30. The molecule has 2 heterocycles. The monoisotopic (exact) mass is 337 g/mol. The third-order valence-electron chi connectivity index (χ3n) is 4.14. The Hall–Kier alpha value is -3.28. The number of ether oxygens (including phenoxy) is 3. The van der Waals surface area contributed by atoms with Crippen molar-refractivity contribution in [3.63, 3.8) is 0 Å². The van der Waals surface area contributed by atoms with Crippen LogP contribution in [-0.2, 0) is 4.74 Å². The van der Waals surface area contributed by atoms with Gasteiger partial charge in [0.05, 0.1) is 18.2 Å². The van der Waals surface area contributed by atoms with Crippen molar-refractivity contribution in [3.05, 3.63) is 60.3 Å². The van der Waals surface area contributed by atoms with Crippen molar-refractivity contribution < 1.29 is 23.8 Å². The SMILES string of the molecule is COC(=O)c1cn(C(=O)C2COc3ccccc3O2)c2ccccc12. The van der Waals surface area contributed by atoms with E-state index in [1.165, 1.54) is 17.9 Å². The van der Waals surface area contributed by atoms with Gasteiger partial charge in [-0.15, -0.1) is 0 Å². The van der Waals surface area contributed by atoms with Gasteiger partial charge in [-0.05, 0) is 18.2 Å². The number of fused-ring (bicyclic) bond motifs is 2. The van der Waals surface area contributed by atoms with Crippen LogP contribution in [0.4, 0.5) is 0 Å². The summed E-state index contributed by atoms with van der Waals surface area (Å²) in [6.45, 7) is 0.107. The van der Waals surface area contributed by atoms with E-state index in [0.29, 0.717) is 28.0 Å². The fraction of sp³-hybridized carbons (Fsp3) is 0.158. The Bertz CT molecular complexity index is 975. The summed E-state index contributed by atoms with van der Waals surface area (Å²) >= 11 is 0. The van der Waals surface area contributed by atoms with Crippen molar-refractivity contribution in [3.8, 4) is 11.5 Å². The number of esters is 1. The third-order valence-corrected chi connectivity index (χ3v) is 4.14. The Morgan fingerprint density at radius 2 is 1.80 bits per heavy atom. The lowest BCUT2D eigenvalue weighted by molar-refractivity contribution is 0.0506. The number of aromatic nitrogens is 1. The molecule has 1 aromatic heterocycles. The Labute approximate surface area is 143 Å². The van der Waals surface area contributed by atoms with Crippen molar-refractivity contribution in [1.82, 2.24) is 4.57 Å². The van der Waals surface area contributed by atoms with Gasteiger partial charge in [-0.25, -0.2) is 4.79 Å². The first kappa shape index (κ1) is 15.3. The number of nitrogens with zero attached hydrogens (tertiary/aromatic N) is 1. The normalized spacial score (nSPS) is 15.8. The maximum Gasteiger partial charge on any atom is 0.340 e. The molecular weight excluding hydrogens is 322 g/mol. The Morgan fingerprint density at radius 1 is 1.08 bits per heavy atom. The van der Waals surface area contributed by atoms with Crippen LogP contribution in [0.25, 0.3) is 10.9 Å². The van der Waals surface area contributed by atoms with Crippen LogP contribution in [0.2, 0.25) is 0 Å². The van der Waals surface area contributed by atoms with Crippen molar-refractivity contribution in [2.24, 2.45) is 0 Å². The van der Waals surface area contributed by atoms with Gasteiger partial charge in [-0.3, -0.25) is 9.36 Å². The second-order valence-corrected chi connectivity index (χ2v) is 5.62. The summed E-state index contributed by atoms with van der Waals surface area (Å²) in [4.78, 5) is 25.0. The van der Waals surface area contributed by atoms with Gasteiger partial charge in [-0.1, -0.05) is 30.3 Å². The topological polar surface area (TPSA) is 66.8 Å². The number of hydrogen-bond donors (Lipinski definition) is 0. The molecule has 1 atom stereocenters. The van der Waals surface area contributed by atoms with Gasteiger partial charge < -0.3 is 14.2 Å². The zero-order chi connectivity index (χ0) is 17.4. The van der Waals surface area contributed by atoms with E-state index in [-0.39, 0.29) is 12.5 Å². The van der Waals surface area contributed by atoms with E-state index >= 15 is 0 Å². The number of rotatable bonds is 2. The van der Waals surface area contributed by atoms with E-state index < -0.39 is 12.1 Å². The average molecular weight is 337 g/mol. The molecule has 6 nitrogen and oxygen atoms in total. The van der Waals surface area contributed by atoms with Crippen molar-refractivity contribution >= 4 is 22.8 Å². The fourth-order valence-corrected chi connectivity index (χ4v) is 2.93. The van der Waals surface area contributed by atoms with E-state index in [4.69, 9.17) is 14.2 Å². The minimum atomic E-state index is -0.795. The molecule has 0 fully saturated rings. The molecule has 0 spiro atoms. The van der Waals surface area contributed by atoms with Crippen LogP contribution in [0.15, 0.2) is 54.7 Å². The highest BCUT2D eigenvalue weighted by molar-refractivity contribution is 6.07. The van der Waals surface area contributed by atoms with E-state index in [1.807, 2.05) is 12.1 Å². The van der Waals surface area contributed by atoms with Crippen LogP contribution in [0.5, 0.6) is 11.5 Å². The molecule has 0 aliphatic carbocycles. The van der Waals surface area contributed by atoms with Gasteiger partial charge in [0.15, 0.2) is 11.5 Å². The molecule has 0 N–H and O–H groups in total. The molecule has 0 saturated heterocycles. The number of carbonyl (C=O) groups excluding carboxylic acids is 2. The number of para-hydroxylation sites is 3.